The predicted octanol–water partition coefficient (Wildman–Crippen LogP) is 10.7. The van der Waals surface area contributed by atoms with Crippen LogP contribution >= 0.6 is 0 Å². The van der Waals surface area contributed by atoms with Gasteiger partial charge in [-0.2, -0.15) is 0 Å². The standard InChI is InChI=1S/C23H13N2O2.C17H20N.Ir/c1-3-10-19-17(8-1)25-18-9-2-4-11-20(18)27-23-15(16-7-5-6-14-24-16)12-13-21(26-19)22(23)25;1-12-6-8-14(9-7-12)16-10-13(2)15(11-18-16)17(3,4)5;/h1-11,13-14H;6-8,10-11H,1-5H3;/q2*-1;. The van der Waals surface area contributed by atoms with Crippen molar-refractivity contribution >= 4 is 17.1 Å². The van der Waals surface area contributed by atoms with Crippen LogP contribution in [0.4, 0.5) is 17.1 Å². The second-order valence-electron chi connectivity index (χ2n) is 12.3. The first-order valence-corrected chi connectivity index (χ1v) is 15.1. The Morgan fingerprint density at radius 1 is 0.696 bits per heavy atom. The zero-order valence-electron chi connectivity index (χ0n) is 26.4. The minimum absolute atomic E-state index is 0. The summed E-state index contributed by atoms with van der Waals surface area (Å²) in [7, 11) is 0. The monoisotopic (exact) mass is 780 g/mol. The Hall–Kier alpha value is -4.77. The number of rotatable bonds is 2. The summed E-state index contributed by atoms with van der Waals surface area (Å²) in [6.07, 6.45) is 3.77. The molecule has 2 aliphatic rings. The molecule has 2 aliphatic heterocycles. The number of hydrogen-bond acceptors (Lipinski definition) is 5. The first-order chi connectivity index (χ1) is 21.8. The normalized spacial score (nSPS) is 12.2. The van der Waals surface area contributed by atoms with Gasteiger partial charge in [0.05, 0.1) is 22.9 Å². The van der Waals surface area contributed by atoms with Crippen LogP contribution in [0, 0.1) is 26.0 Å². The van der Waals surface area contributed by atoms with Crippen LogP contribution < -0.4 is 14.4 Å². The second-order valence-corrected chi connectivity index (χ2v) is 12.3. The fraction of sp³-hybridized carbons (Fsp3) is 0.150. The fourth-order valence-corrected chi connectivity index (χ4v) is 5.80. The average molecular weight is 780 g/mol. The number of hydrogen-bond donors (Lipinski definition) is 0. The van der Waals surface area contributed by atoms with E-state index in [0.717, 1.165) is 56.8 Å². The molecule has 0 N–H and O–H groups in total. The maximum atomic E-state index is 6.33. The van der Waals surface area contributed by atoms with Gasteiger partial charge < -0.3 is 24.3 Å². The van der Waals surface area contributed by atoms with Gasteiger partial charge in [0.15, 0.2) is 0 Å². The zero-order valence-corrected chi connectivity index (χ0v) is 28.8. The molecule has 8 rings (SSSR count). The number of para-hydroxylation sites is 4. The van der Waals surface area contributed by atoms with E-state index in [1.165, 1.54) is 16.7 Å². The van der Waals surface area contributed by atoms with Crippen LogP contribution in [0.2, 0.25) is 0 Å². The summed E-state index contributed by atoms with van der Waals surface area (Å²) in [6, 6.07) is 38.6. The fourth-order valence-electron chi connectivity index (χ4n) is 5.80. The molecule has 0 unspecified atom stereocenters. The Morgan fingerprint density at radius 3 is 2.02 bits per heavy atom. The van der Waals surface area contributed by atoms with E-state index >= 15 is 0 Å². The number of pyridine rings is 2. The van der Waals surface area contributed by atoms with Crippen molar-refractivity contribution in [1.29, 1.82) is 0 Å². The molecule has 0 atom stereocenters. The first-order valence-electron chi connectivity index (χ1n) is 15.1. The van der Waals surface area contributed by atoms with Gasteiger partial charge in [0.2, 0.25) is 0 Å². The molecular weight excluding hydrogens is 747 g/mol. The number of anilines is 3. The van der Waals surface area contributed by atoms with Crippen LogP contribution in [0.5, 0.6) is 23.0 Å². The molecule has 46 heavy (non-hydrogen) atoms. The quantitative estimate of drug-likeness (QED) is 0.164. The molecule has 0 fully saturated rings. The Kier molecular flexibility index (Phi) is 8.52. The summed E-state index contributed by atoms with van der Waals surface area (Å²) in [5.74, 6) is 3.04. The van der Waals surface area contributed by atoms with Gasteiger partial charge in [-0.1, -0.05) is 81.3 Å². The minimum Gasteiger partial charge on any atom is -0.497 e. The third-order valence-corrected chi connectivity index (χ3v) is 7.98. The Morgan fingerprint density at radius 2 is 1.39 bits per heavy atom. The molecule has 2 aromatic heterocycles. The molecule has 4 aromatic carbocycles. The van der Waals surface area contributed by atoms with E-state index in [9.17, 15) is 0 Å². The van der Waals surface area contributed by atoms with Crippen molar-refractivity contribution < 1.29 is 29.6 Å². The van der Waals surface area contributed by atoms with Crippen LogP contribution in [0.3, 0.4) is 0 Å². The summed E-state index contributed by atoms with van der Waals surface area (Å²) >= 11 is 0. The van der Waals surface area contributed by atoms with Gasteiger partial charge in [-0.3, -0.25) is 0 Å². The predicted molar refractivity (Wildman–Crippen MR) is 180 cm³/mol. The summed E-state index contributed by atoms with van der Waals surface area (Å²) in [5.41, 5.74) is 10.5. The van der Waals surface area contributed by atoms with Crippen molar-refractivity contribution in [2.75, 3.05) is 4.90 Å². The van der Waals surface area contributed by atoms with Gasteiger partial charge in [0.25, 0.3) is 0 Å². The number of ether oxygens (including phenoxy) is 2. The maximum Gasteiger partial charge on any atom is 0.138 e. The third kappa shape index (κ3) is 5.82. The molecule has 0 amide bonds. The van der Waals surface area contributed by atoms with Gasteiger partial charge in [0.1, 0.15) is 11.5 Å². The number of fused-ring (bicyclic) bond motifs is 4. The van der Waals surface area contributed by atoms with Gasteiger partial charge in [-0.25, -0.2) is 0 Å². The Bertz CT molecular complexity index is 2010. The van der Waals surface area contributed by atoms with Crippen molar-refractivity contribution in [3.63, 3.8) is 0 Å². The summed E-state index contributed by atoms with van der Waals surface area (Å²) in [5, 5.41) is 0. The second kappa shape index (κ2) is 12.6. The van der Waals surface area contributed by atoms with E-state index in [-0.39, 0.29) is 25.5 Å². The number of aromatic nitrogens is 2. The van der Waals surface area contributed by atoms with E-state index in [4.69, 9.17) is 9.47 Å². The van der Waals surface area contributed by atoms with Crippen molar-refractivity contribution in [3.05, 3.63) is 138 Å². The van der Waals surface area contributed by atoms with Crippen LogP contribution in [-0.2, 0) is 25.5 Å². The molecule has 0 spiro atoms. The van der Waals surface area contributed by atoms with Crippen LogP contribution in [-0.4, -0.2) is 9.97 Å². The topological polar surface area (TPSA) is 47.5 Å². The average Bonchev–Trinajstić information content (AvgIpc) is 3.05. The molecule has 1 radical (unpaired) electrons. The Balaban J connectivity index is 0.000000172. The minimum atomic E-state index is 0. The maximum absolute atomic E-state index is 6.33. The Labute approximate surface area is 284 Å². The van der Waals surface area contributed by atoms with Crippen molar-refractivity contribution in [1.82, 2.24) is 9.97 Å². The van der Waals surface area contributed by atoms with Crippen molar-refractivity contribution in [2.24, 2.45) is 0 Å². The molecule has 5 nitrogen and oxygen atoms in total. The summed E-state index contributed by atoms with van der Waals surface area (Å²) in [6.45, 7) is 10.9. The molecule has 0 bridgehead atoms. The SMILES string of the molecule is Cc1c[c-]c(-c2cc(C)c(C(C)(C)C)cn2)cc1.[Ir].[c-]1cc2c3c(c1-c1ccccn1)Oc1ccccc1N3c1ccccc1O2. The van der Waals surface area contributed by atoms with Gasteiger partial charge in [0, 0.05) is 38.2 Å². The molecule has 0 saturated carbocycles. The number of aryl methyl sites for hydroxylation is 2. The van der Waals surface area contributed by atoms with Crippen molar-refractivity contribution in [2.45, 2.75) is 40.0 Å². The largest absolute Gasteiger partial charge is 0.497 e. The molecule has 6 heteroatoms. The third-order valence-electron chi connectivity index (χ3n) is 7.98. The van der Waals surface area contributed by atoms with Crippen LogP contribution in [0.25, 0.3) is 22.5 Å². The molecule has 0 saturated heterocycles. The van der Waals surface area contributed by atoms with Gasteiger partial charge >= 0.3 is 0 Å². The number of nitrogens with zero attached hydrogens (tertiary/aromatic N) is 3. The molecule has 6 aromatic rings. The zero-order chi connectivity index (χ0) is 31.1. The van der Waals surface area contributed by atoms with Crippen LogP contribution in [0.15, 0.2) is 109 Å². The number of benzene rings is 4. The first kappa shape index (κ1) is 31.2. The van der Waals surface area contributed by atoms with E-state index in [0.29, 0.717) is 5.75 Å². The van der Waals surface area contributed by atoms with Gasteiger partial charge in [-0.15, -0.1) is 47.5 Å². The van der Waals surface area contributed by atoms with E-state index < -0.39 is 0 Å². The summed E-state index contributed by atoms with van der Waals surface area (Å²) < 4.78 is 12.5. The molecular formula is C40H33IrN3O2-2. The smallest absolute Gasteiger partial charge is 0.138 e. The molecule has 0 aliphatic carbocycles. The van der Waals surface area contributed by atoms with Crippen LogP contribution in [0.1, 0.15) is 37.5 Å². The van der Waals surface area contributed by atoms with E-state index in [1.54, 1.807) is 6.20 Å². The molecule has 231 valence electrons. The van der Waals surface area contributed by atoms with E-state index in [2.05, 4.69) is 92.0 Å². The molecule has 4 heterocycles. The van der Waals surface area contributed by atoms with Crippen molar-refractivity contribution in [3.8, 4) is 45.5 Å². The summed E-state index contributed by atoms with van der Waals surface area (Å²) in [4.78, 5) is 11.3. The van der Waals surface area contributed by atoms with Gasteiger partial charge in [-0.05, 0) is 59.6 Å². The van der Waals surface area contributed by atoms with E-state index in [1.807, 2.05) is 72.9 Å².